The Bertz CT molecular complexity index is 730. The maximum Gasteiger partial charge on any atom is 0.0979 e. The van der Waals surface area contributed by atoms with E-state index in [4.69, 9.17) is 4.99 Å². The highest BCUT2D eigenvalue weighted by molar-refractivity contribution is 5.88. The fourth-order valence-corrected chi connectivity index (χ4v) is 3.20. The molecule has 2 nitrogen and oxygen atoms in total. The first-order valence-corrected chi connectivity index (χ1v) is 7.40. The van der Waals surface area contributed by atoms with Crippen LogP contribution in [0.25, 0.3) is 0 Å². The average molecular weight is 278 g/mol. The van der Waals surface area contributed by atoms with Gasteiger partial charge in [0.1, 0.15) is 0 Å². The van der Waals surface area contributed by atoms with Crippen LogP contribution in [-0.2, 0) is 5.54 Å². The quantitative estimate of drug-likeness (QED) is 0.739. The third kappa shape index (κ3) is 2.06. The monoisotopic (exact) mass is 278 g/mol. The Labute approximate surface area is 127 Å². The van der Waals surface area contributed by atoms with Gasteiger partial charge in [-0.2, -0.15) is 0 Å². The number of fused-ring (bicyclic) bond motifs is 1. The first kappa shape index (κ1) is 13.9. The van der Waals surface area contributed by atoms with Gasteiger partial charge in [-0.3, -0.25) is 4.99 Å². The van der Waals surface area contributed by atoms with Crippen LogP contribution in [0.3, 0.4) is 0 Å². The summed E-state index contributed by atoms with van der Waals surface area (Å²) in [7, 11) is 2.15. The summed E-state index contributed by atoms with van der Waals surface area (Å²) in [6.07, 6.45) is 2.08. The fraction of sp³-hybridized carbons (Fsp3) is 0.316. The molecule has 0 saturated heterocycles. The standard InChI is InChI=1S/C19H22N2/c1-13-10-14(2)15(3)16(11-13)19(4)12-20-17-8-6-7-9-18(17)21(19)5/h6-12H,1-5H3. The lowest BCUT2D eigenvalue weighted by atomic mass is 9.84. The average Bonchev–Trinajstić information content (AvgIpc) is 2.47. The van der Waals surface area contributed by atoms with Gasteiger partial charge in [0.2, 0.25) is 0 Å². The summed E-state index contributed by atoms with van der Waals surface area (Å²) < 4.78 is 0. The van der Waals surface area contributed by atoms with Crippen molar-refractivity contribution in [2.24, 2.45) is 4.99 Å². The van der Waals surface area contributed by atoms with Crippen molar-refractivity contribution in [3.05, 3.63) is 58.7 Å². The molecule has 1 aliphatic rings. The Morgan fingerprint density at radius 2 is 1.76 bits per heavy atom. The van der Waals surface area contributed by atoms with E-state index in [0.717, 1.165) is 5.69 Å². The molecule has 1 unspecified atom stereocenters. The lowest BCUT2D eigenvalue weighted by molar-refractivity contribution is 0.622. The van der Waals surface area contributed by atoms with E-state index in [2.05, 4.69) is 76.2 Å². The molecule has 1 aliphatic heterocycles. The second kappa shape index (κ2) is 4.73. The molecule has 0 fully saturated rings. The van der Waals surface area contributed by atoms with Crippen molar-refractivity contribution < 1.29 is 0 Å². The number of aliphatic imine (C=N–C) groups is 1. The van der Waals surface area contributed by atoms with Crippen LogP contribution < -0.4 is 4.90 Å². The number of hydrogen-bond donors (Lipinski definition) is 0. The summed E-state index contributed by atoms with van der Waals surface area (Å²) in [6, 6.07) is 12.9. The van der Waals surface area contributed by atoms with Crippen LogP contribution in [0.2, 0.25) is 0 Å². The molecule has 2 heteroatoms. The Morgan fingerprint density at radius 3 is 2.52 bits per heavy atom. The first-order chi connectivity index (χ1) is 9.93. The fourth-order valence-electron chi connectivity index (χ4n) is 3.20. The number of para-hydroxylation sites is 2. The molecule has 0 spiro atoms. The minimum absolute atomic E-state index is 0.213. The van der Waals surface area contributed by atoms with E-state index in [1.807, 2.05) is 6.07 Å². The predicted octanol–water partition coefficient (Wildman–Crippen LogP) is 4.68. The zero-order valence-electron chi connectivity index (χ0n) is 13.4. The lowest BCUT2D eigenvalue weighted by Gasteiger charge is -2.42. The van der Waals surface area contributed by atoms with Gasteiger partial charge in [-0.1, -0.05) is 29.8 Å². The van der Waals surface area contributed by atoms with E-state index >= 15 is 0 Å². The number of rotatable bonds is 1. The van der Waals surface area contributed by atoms with Crippen LogP contribution >= 0.6 is 0 Å². The highest BCUT2D eigenvalue weighted by atomic mass is 15.2. The molecular weight excluding hydrogens is 256 g/mol. The van der Waals surface area contributed by atoms with E-state index in [-0.39, 0.29) is 5.54 Å². The van der Waals surface area contributed by atoms with Crippen LogP contribution in [-0.4, -0.2) is 13.3 Å². The van der Waals surface area contributed by atoms with Crippen molar-refractivity contribution in [1.82, 2.24) is 0 Å². The molecule has 0 radical (unpaired) electrons. The Morgan fingerprint density at radius 1 is 1.05 bits per heavy atom. The van der Waals surface area contributed by atoms with Gasteiger partial charge in [0.15, 0.2) is 0 Å². The summed E-state index contributed by atoms with van der Waals surface area (Å²) in [4.78, 5) is 7.04. The van der Waals surface area contributed by atoms with Gasteiger partial charge in [0.25, 0.3) is 0 Å². The van der Waals surface area contributed by atoms with Gasteiger partial charge in [-0.05, 0) is 56.5 Å². The van der Waals surface area contributed by atoms with E-state index in [1.54, 1.807) is 0 Å². The predicted molar refractivity (Wildman–Crippen MR) is 91.0 cm³/mol. The van der Waals surface area contributed by atoms with Gasteiger partial charge in [0, 0.05) is 13.3 Å². The Hall–Kier alpha value is -2.09. The lowest BCUT2D eigenvalue weighted by Crippen LogP contribution is -2.45. The van der Waals surface area contributed by atoms with Gasteiger partial charge >= 0.3 is 0 Å². The number of nitrogens with zero attached hydrogens (tertiary/aromatic N) is 2. The van der Waals surface area contributed by atoms with Crippen LogP contribution in [0, 0.1) is 20.8 Å². The van der Waals surface area contributed by atoms with E-state index in [1.165, 1.54) is 27.9 Å². The molecule has 21 heavy (non-hydrogen) atoms. The van der Waals surface area contributed by atoms with E-state index in [9.17, 15) is 0 Å². The molecule has 2 aromatic rings. The molecule has 0 amide bonds. The molecule has 1 heterocycles. The minimum Gasteiger partial charge on any atom is -0.358 e. The summed E-state index contributed by atoms with van der Waals surface area (Å²) in [5, 5.41) is 0. The molecular formula is C19H22N2. The number of anilines is 1. The van der Waals surface area contributed by atoms with Crippen molar-refractivity contribution in [2.75, 3.05) is 11.9 Å². The van der Waals surface area contributed by atoms with Crippen LogP contribution in [0.5, 0.6) is 0 Å². The maximum absolute atomic E-state index is 4.71. The van der Waals surface area contributed by atoms with Crippen molar-refractivity contribution in [2.45, 2.75) is 33.2 Å². The topological polar surface area (TPSA) is 15.6 Å². The molecule has 0 aromatic heterocycles. The molecule has 0 aliphatic carbocycles. The second-order valence-electron chi connectivity index (χ2n) is 6.21. The zero-order chi connectivity index (χ0) is 15.2. The molecule has 0 bridgehead atoms. The molecule has 3 rings (SSSR count). The van der Waals surface area contributed by atoms with Gasteiger partial charge in [-0.25, -0.2) is 0 Å². The summed E-state index contributed by atoms with van der Waals surface area (Å²) >= 11 is 0. The SMILES string of the molecule is Cc1cc(C)c(C)c(C2(C)C=Nc3ccccc3N2C)c1. The van der Waals surface area contributed by atoms with Crippen LogP contribution in [0.1, 0.15) is 29.2 Å². The number of hydrogen-bond acceptors (Lipinski definition) is 2. The van der Waals surface area contributed by atoms with Gasteiger partial charge in [-0.15, -0.1) is 0 Å². The Balaban J connectivity index is 2.20. The van der Waals surface area contributed by atoms with E-state index < -0.39 is 0 Å². The van der Waals surface area contributed by atoms with Crippen molar-refractivity contribution in [3.63, 3.8) is 0 Å². The van der Waals surface area contributed by atoms with Crippen molar-refractivity contribution in [1.29, 1.82) is 0 Å². The summed E-state index contributed by atoms with van der Waals surface area (Å²) in [6.45, 7) is 8.79. The highest BCUT2D eigenvalue weighted by Crippen LogP contribution is 2.41. The zero-order valence-corrected chi connectivity index (χ0v) is 13.4. The summed E-state index contributed by atoms with van der Waals surface area (Å²) in [5.41, 5.74) is 7.33. The number of benzene rings is 2. The van der Waals surface area contributed by atoms with Gasteiger partial charge < -0.3 is 4.90 Å². The normalized spacial score (nSPS) is 20.5. The van der Waals surface area contributed by atoms with Gasteiger partial charge in [0.05, 0.1) is 16.9 Å². The third-order valence-corrected chi connectivity index (χ3v) is 4.75. The maximum atomic E-state index is 4.71. The van der Waals surface area contributed by atoms with Crippen LogP contribution in [0.4, 0.5) is 11.4 Å². The Kier molecular flexibility index (Phi) is 3.12. The summed E-state index contributed by atoms with van der Waals surface area (Å²) in [5.74, 6) is 0. The highest BCUT2D eigenvalue weighted by Gasteiger charge is 2.35. The molecule has 108 valence electrons. The molecule has 0 saturated carbocycles. The molecule has 2 aromatic carbocycles. The number of aryl methyl sites for hydroxylation is 2. The van der Waals surface area contributed by atoms with Crippen LogP contribution in [0.15, 0.2) is 41.4 Å². The molecule has 0 N–H and O–H groups in total. The minimum atomic E-state index is -0.213. The first-order valence-electron chi connectivity index (χ1n) is 7.40. The molecule has 1 atom stereocenters. The largest absolute Gasteiger partial charge is 0.358 e. The van der Waals surface area contributed by atoms with Crippen molar-refractivity contribution >= 4 is 17.6 Å². The second-order valence-corrected chi connectivity index (χ2v) is 6.21. The third-order valence-electron chi connectivity index (χ3n) is 4.75. The van der Waals surface area contributed by atoms with Crippen molar-refractivity contribution in [3.8, 4) is 0 Å². The van der Waals surface area contributed by atoms with E-state index in [0.29, 0.717) is 0 Å². The smallest absolute Gasteiger partial charge is 0.0979 e.